The maximum Gasteiger partial charge on any atom is 0.237 e. The lowest BCUT2D eigenvalue weighted by molar-refractivity contribution is -0.121. The van der Waals surface area contributed by atoms with Crippen molar-refractivity contribution >= 4 is 11.9 Å². The smallest absolute Gasteiger partial charge is 0.237 e. The number of carbonyl (C=O) groups excluding carboxylic acids is 1. The van der Waals surface area contributed by atoms with Gasteiger partial charge in [0, 0.05) is 11.9 Å². The summed E-state index contributed by atoms with van der Waals surface area (Å²) in [6.45, 7) is 1.92. The zero-order chi connectivity index (χ0) is 14.0. The number of nitrogens with zero attached hydrogens (tertiary/aromatic N) is 1. The second-order valence-electron chi connectivity index (χ2n) is 5.52. The van der Waals surface area contributed by atoms with Gasteiger partial charge in [0.2, 0.25) is 11.9 Å². The van der Waals surface area contributed by atoms with Crippen molar-refractivity contribution < 1.29 is 4.79 Å². The number of imidazole rings is 1. The van der Waals surface area contributed by atoms with Crippen LogP contribution in [0.25, 0.3) is 0 Å². The highest BCUT2D eigenvalue weighted by Gasteiger charge is 2.42. The van der Waals surface area contributed by atoms with Crippen LogP contribution in [0.1, 0.15) is 36.9 Å². The van der Waals surface area contributed by atoms with Crippen LogP contribution in [0, 0.1) is 6.92 Å². The Morgan fingerprint density at radius 2 is 1.95 bits per heavy atom. The summed E-state index contributed by atoms with van der Waals surface area (Å²) in [5, 5.41) is 2.94. The first-order valence-corrected chi connectivity index (χ1v) is 7.09. The molecule has 0 aliphatic heterocycles. The number of nitrogens with one attached hydrogen (secondary N) is 2. The van der Waals surface area contributed by atoms with E-state index in [0.29, 0.717) is 5.95 Å². The molecule has 20 heavy (non-hydrogen) atoms. The molecule has 1 aliphatic rings. The quantitative estimate of drug-likeness (QED) is 0.899. The second kappa shape index (κ2) is 5.12. The van der Waals surface area contributed by atoms with Crippen LogP contribution in [0.4, 0.5) is 5.95 Å². The van der Waals surface area contributed by atoms with Gasteiger partial charge < -0.3 is 4.98 Å². The fourth-order valence-electron chi connectivity index (χ4n) is 3.09. The van der Waals surface area contributed by atoms with Crippen molar-refractivity contribution in [3.8, 4) is 0 Å². The summed E-state index contributed by atoms with van der Waals surface area (Å²) in [5.74, 6) is 0.588. The SMILES string of the molecule is Cc1cnc(NC(=O)C2(c3ccccc3)CCCC2)[nH]1. The van der Waals surface area contributed by atoms with Crippen molar-refractivity contribution in [3.63, 3.8) is 0 Å². The van der Waals surface area contributed by atoms with E-state index in [9.17, 15) is 4.79 Å². The third-order valence-electron chi connectivity index (χ3n) is 4.15. The van der Waals surface area contributed by atoms with Crippen molar-refractivity contribution in [3.05, 3.63) is 47.8 Å². The molecular weight excluding hydrogens is 250 g/mol. The minimum Gasteiger partial charge on any atom is -0.328 e. The molecule has 1 aromatic heterocycles. The van der Waals surface area contributed by atoms with Crippen LogP contribution < -0.4 is 5.32 Å². The monoisotopic (exact) mass is 269 g/mol. The van der Waals surface area contributed by atoms with Gasteiger partial charge in [-0.25, -0.2) is 4.98 Å². The number of amides is 1. The summed E-state index contributed by atoms with van der Waals surface area (Å²) >= 11 is 0. The Bertz CT molecular complexity index is 597. The summed E-state index contributed by atoms with van der Waals surface area (Å²) in [6.07, 6.45) is 5.73. The molecule has 4 heteroatoms. The molecule has 0 atom stereocenters. The van der Waals surface area contributed by atoms with Gasteiger partial charge in [0.15, 0.2) is 0 Å². The van der Waals surface area contributed by atoms with E-state index in [-0.39, 0.29) is 5.91 Å². The average Bonchev–Trinajstić information content (AvgIpc) is 3.10. The highest BCUT2D eigenvalue weighted by molar-refractivity contribution is 5.98. The Hall–Kier alpha value is -2.10. The van der Waals surface area contributed by atoms with Gasteiger partial charge in [-0.3, -0.25) is 10.1 Å². The molecule has 3 rings (SSSR count). The van der Waals surface area contributed by atoms with Crippen LogP contribution in [0.2, 0.25) is 0 Å². The molecule has 1 fully saturated rings. The first-order chi connectivity index (χ1) is 9.71. The summed E-state index contributed by atoms with van der Waals surface area (Å²) in [4.78, 5) is 20.0. The van der Waals surface area contributed by atoms with Crippen LogP contribution in [-0.2, 0) is 10.2 Å². The molecular formula is C16H19N3O. The Labute approximate surface area is 118 Å². The molecule has 1 amide bonds. The van der Waals surface area contributed by atoms with Crippen LogP contribution in [0.3, 0.4) is 0 Å². The molecule has 4 nitrogen and oxygen atoms in total. The molecule has 1 aliphatic carbocycles. The third kappa shape index (κ3) is 2.22. The van der Waals surface area contributed by atoms with Crippen molar-refractivity contribution in [1.29, 1.82) is 0 Å². The summed E-state index contributed by atoms with van der Waals surface area (Å²) in [6, 6.07) is 10.1. The molecule has 2 aromatic rings. The largest absolute Gasteiger partial charge is 0.328 e. The molecule has 0 unspecified atom stereocenters. The minimum absolute atomic E-state index is 0.0514. The fourth-order valence-corrected chi connectivity index (χ4v) is 3.09. The summed E-state index contributed by atoms with van der Waals surface area (Å²) in [5.41, 5.74) is 1.65. The molecule has 1 saturated carbocycles. The molecule has 0 bridgehead atoms. The fraction of sp³-hybridized carbons (Fsp3) is 0.375. The van der Waals surface area contributed by atoms with Crippen LogP contribution in [-0.4, -0.2) is 15.9 Å². The number of anilines is 1. The Morgan fingerprint density at radius 3 is 2.55 bits per heavy atom. The third-order valence-corrected chi connectivity index (χ3v) is 4.15. The highest BCUT2D eigenvalue weighted by atomic mass is 16.2. The zero-order valence-electron chi connectivity index (χ0n) is 11.6. The molecule has 0 saturated heterocycles. The normalized spacial score (nSPS) is 17.1. The maximum atomic E-state index is 12.8. The van der Waals surface area contributed by atoms with Crippen LogP contribution in [0.15, 0.2) is 36.5 Å². The number of H-pyrrole nitrogens is 1. The van der Waals surface area contributed by atoms with E-state index in [1.165, 1.54) is 0 Å². The number of rotatable bonds is 3. The molecule has 1 heterocycles. The van der Waals surface area contributed by atoms with Gasteiger partial charge in [-0.2, -0.15) is 0 Å². The van der Waals surface area contributed by atoms with Gasteiger partial charge in [0.05, 0.1) is 5.41 Å². The van der Waals surface area contributed by atoms with Crippen molar-refractivity contribution in [2.24, 2.45) is 0 Å². The lowest BCUT2D eigenvalue weighted by Gasteiger charge is -2.27. The topological polar surface area (TPSA) is 57.8 Å². The Balaban J connectivity index is 1.89. The zero-order valence-corrected chi connectivity index (χ0v) is 11.6. The first kappa shape index (κ1) is 12.9. The van der Waals surface area contributed by atoms with Crippen molar-refractivity contribution in [2.45, 2.75) is 38.0 Å². The van der Waals surface area contributed by atoms with Gasteiger partial charge in [-0.1, -0.05) is 43.2 Å². The van der Waals surface area contributed by atoms with Crippen molar-refractivity contribution in [2.75, 3.05) is 5.32 Å². The van der Waals surface area contributed by atoms with E-state index >= 15 is 0 Å². The van der Waals surface area contributed by atoms with Gasteiger partial charge in [0.25, 0.3) is 0 Å². The highest BCUT2D eigenvalue weighted by Crippen LogP contribution is 2.41. The predicted molar refractivity (Wildman–Crippen MR) is 78.5 cm³/mol. The average molecular weight is 269 g/mol. The molecule has 0 spiro atoms. The molecule has 104 valence electrons. The van der Waals surface area contributed by atoms with Gasteiger partial charge in [-0.15, -0.1) is 0 Å². The summed E-state index contributed by atoms with van der Waals surface area (Å²) < 4.78 is 0. The van der Waals surface area contributed by atoms with E-state index in [4.69, 9.17) is 0 Å². The molecule has 1 aromatic carbocycles. The number of aryl methyl sites for hydroxylation is 1. The van der Waals surface area contributed by atoms with Crippen molar-refractivity contribution in [1.82, 2.24) is 9.97 Å². The maximum absolute atomic E-state index is 12.8. The molecule has 2 N–H and O–H groups in total. The number of hydrogen-bond acceptors (Lipinski definition) is 2. The lowest BCUT2D eigenvalue weighted by Crippen LogP contribution is -2.38. The predicted octanol–water partition coefficient (Wildman–Crippen LogP) is 3.17. The first-order valence-electron chi connectivity index (χ1n) is 7.09. The van der Waals surface area contributed by atoms with E-state index in [1.807, 2.05) is 25.1 Å². The van der Waals surface area contributed by atoms with Crippen LogP contribution >= 0.6 is 0 Å². The summed E-state index contributed by atoms with van der Waals surface area (Å²) in [7, 11) is 0. The second-order valence-corrected chi connectivity index (χ2v) is 5.52. The van der Waals surface area contributed by atoms with E-state index in [0.717, 1.165) is 36.9 Å². The number of aromatic nitrogens is 2. The van der Waals surface area contributed by atoms with Gasteiger partial charge >= 0.3 is 0 Å². The lowest BCUT2D eigenvalue weighted by atomic mass is 9.78. The van der Waals surface area contributed by atoms with Gasteiger partial charge in [0.1, 0.15) is 0 Å². The number of carbonyl (C=O) groups is 1. The Kier molecular flexibility index (Phi) is 3.30. The number of hydrogen-bond donors (Lipinski definition) is 2. The van der Waals surface area contributed by atoms with E-state index in [1.54, 1.807) is 6.20 Å². The van der Waals surface area contributed by atoms with E-state index < -0.39 is 5.41 Å². The molecule has 0 radical (unpaired) electrons. The minimum atomic E-state index is -0.401. The number of aromatic amines is 1. The standard InChI is InChI=1S/C16H19N3O/c1-12-11-17-15(18-12)19-14(20)16(9-5-6-10-16)13-7-3-2-4-8-13/h2-4,7-8,11H,5-6,9-10H2,1H3,(H2,17,18,19,20). The van der Waals surface area contributed by atoms with Crippen LogP contribution in [0.5, 0.6) is 0 Å². The Morgan fingerprint density at radius 1 is 1.25 bits per heavy atom. The number of benzene rings is 1. The van der Waals surface area contributed by atoms with Gasteiger partial charge in [-0.05, 0) is 25.3 Å². The van der Waals surface area contributed by atoms with E-state index in [2.05, 4.69) is 27.4 Å².